The zero-order chi connectivity index (χ0) is 25.9. The molecule has 0 radical (unpaired) electrons. The third kappa shape index (κ3) is 4.38. The molecule has 3 aromatic heterocycles. The summed E-state index contributed by atoms with van der Waals surface area (Å²) in [5.74, 6) is -1.61. The number of hydrogen-bond donors (Lipinski definition) is 2. The first-order valence-electron chi connectivity index (χ1n) is 11.6. The smallest absolute Gasteiger partial charge is 0.290 e. The van der Waals surface area contributed by atoms with Crippen molar-refractivity contribution in [2.45, 2.75) is 19.9 Å². The van der Waals surface area contributed by atoms with Gasteiger partial charge in [0.15, 0.2) is 11.5 Å². The lowest BCUT2D eigenvalue weighted by molar-refractivity contribution is 0.0843. The minimum Gasteiger partial charge on any atom is -0.308 e. The Kier molecular flexibility index (Phi) is 6.33. The fraction of sp³-hybridized carbons (Fsp3) is 0.115. The van der Waals surface area contributed by atoms with Crippen molar-refractivity contribution in [2.24, 2.45) is 0 Å². The molecule has 2 aromatic carbocycles. The summed E-state index contributed by atoms with van der Waals surface area (Å²) in [6, 6.07) is 16.2. The first-order valence-corrected chi connectivity index (χ1v) is 11.6. The number of rotatable bonds is 6. The Hall–Kier alpha value is -5.06. The summed E-state index contributed by atoms with van der Waals surface area (Å²) in [4.78, 5) is 38.9. The van der Waals surface area contributed by atoms with E-state index in [1.807, 2.05) is 6.92 Å². The van der Waals surface area contributed by atoms with Crippen LogP contribution in [-0.4, -0.2) is 35.9 Å². The van der Waals surface area contributed by atoms with Crippen molar-refractivity contribution in [3.63, 3.8) is 0 Å². The minimum atomic E-state index is -0.696. The number of aromatic nitrogens is 5. The molecule has 11 heteroatoms. The van der Waals surface area contributed by atoms with Gasteiger partial charge < -0.3 is 4.57 Å². The van der Waals surface area contributed by atoms with Gasteiger partial charge in [0, 0.05) is 24.3 Å². The molecule has 5 aromatic rings. The Morgan fingerprint density at radius 1 is 0.919 bits per heavy atom. The van der Waals surface area contributed by atoms with E-state index in [4.69, 9.17) is 0 Å². The van der Waals surface area contributed by atoms with Crippen molar-refractivity contribution < 1.29 is 14.0 Å². The van der Waals surface area contributed by atoms with Gasteiger partial charge >= 0.3 is 0 Å². The molecule has 0 aliphatic heterocycles. The number of fused-ring (bicyclic) bond motifs is 1. The molecule has 0 fully saturated rings. The first-order chi connectivity index (χ1) is 18.0. The summed E-state index contributed by atoms with van der Waals surface area (Å²) in [7, 11) is 0. The van der Waals surface area contributed by atoms with E-state index in [2.05, 4.69) is 21.0 Å². The van der Waals surface area contributed by atoms with Gasteiger partial charge in [-0.3, -0.25) is 25.2 Å². The number of halogens is 1. The van der Waals surface area contributed by atoms with Crippen molar-refractivity contribution in [1.82, 2.24) is 35.0 Å². The number of para-hydroxylation sites is 1. The molecule has 0 spiro atoms. The molecule has 2 N–H and O–H groups in total. The second kappa shape index (κ2) is 9.90. The molecule has 186 valence electrons. The fourth-order valence-corrected chi connectivity index (χ4v) is 4.03. The van der Waals surface area contributed by atoms with Crippen LogP contribution in [0.5, 0.6) is 0 Å². The average Bonchev–Trinajstić information content (AvgIpc) is 3.59. The van der Waals surface area contributed by atoms with Crippen LogP contribution in [0.1, 0.15) is 34.2 Å². The van der Waals surface area contributed by atoms with Crippen LogP contribution in [0, 0.1) is 5.82 Å². The zero-order valence-electron chi connectivity index (χ0n) is 19.8. The largest absolute Gasteiger partial charge is 0.308 e. The molecule has 0 atom stereocenters. The SMILES string of the molecule is CCCn1nc(C(=O)NNC(=O)c2cnn(-c3ccccc3F)c2-n2cccc2)c2ccccc2c1=O. The van der Waals surface area contributed by atoms with Crippen LogP contribution in [0.25, 0.3) is 22.3 Å². The molecule has 0 unspecified atom stereocenters. The zero-order valence-corrected chi connectivity index (χ0v) is 19.8. The molecule has 3 heterocycles. The van der Waals surface area contributed by atoms with Crippen molar-refractivity contribution in [1.29, 1.82) is 0 Å². The van der Waals surface area contributed by atoms with E-state index >= 15 is 0 Å². The maximum absolute atomic E-state index is 14.5. The van der Waals surface area contributed by atoms with Crippen LogP contribution in [0.15, 0.2) is 84.0 Å². The van der Waals surface area contributed by atoms with Gasteiger partial charge in [0.2, 0.25) is 0 Å². The number of nitrogens with one attached hydrogen (secondary N) is 2. The Morgan fingerprint density at radius 2 is 1.59 bits per heavy atom. The van der Waals surface area contributed by atoms with Crippen LogP contribution in [0.3, 0.4) is 0 Å². The van der Waals surface area contributed by atoms with E-state index in [0.29, 0.717) is 23.7 Å². The van der Waals surface area contributed by atoms with Gasteiger partial charge in [-0.05, 0) is 36.8 Å². The van der Waals surface area contributed by atoms with Gasteiger partial charge in [-0.1, -0.05) is 37.3 Å². The predicted octanol–water partition coefficient (Wildman–Crippen LogP) is 3.00. The van der Waals surface area contributed by atoms with E-state index in [1.165, 1.54) is 21.6 Å². The lowest BCUT2D eigenvalue weighted by Gasteiger charge is -2.13. The van der Waals surface area contributed by atoms with Crippen molar-refractivity contribution >= 4 is 22.6 Å². The van der Waals surface area contributed by atoms with Crippen LogP contribution >= 0.6 is 0 Å². The molecular formula is C26H22FN7O3. The number of carbonyl (C=O) groups excluding carboxylic acids is 2. The second-order valence-electron chi connectivity index (χ2n) is 8.17. The summed E-state index contributed by atoms with van der Waals surface area (Å²) < 4.78 is 18.7. The number of amides is 2. The second-order valence-corrected chi connectivity index (χ2v) is 8.17. The lowest BCUT2D eigenvalue weighted by atomic mass is 10.1. The van der Waals surface area contributed by atoms with Crippen LogP contribution in [0.4, 0.5) is 4.39 Å². The third-order valence-electron chi connectivity index (χ3n) is 5.73. The van der Waals surface area contributed by atoms with E-state index in [0.717, 1.165) is 0 Å². The quantitative estimate of drug-likeness (QED) is 0.349. The minimum absolute atomic E-state index is 0.00312. The number of carbonyl (C=O) groups is 2. The number of aryl methyl sites for hydroxylation is 1. The molecule has 0 saturated heterocycles. The van der Waals surface area contributed by atoms with Gasteiger partial charge in [0.05, 0.1) is 11.6 Å². The molecule has 10 nitrogen and oxygen atoms in total. The molecule has 37 heavy (non-hydrogen) atoms. The summed E-state index contributed by atoms with van der Waals surface area (Å²) in [6.07, 6.45) is 5.32. The van der Waals surface area contributed by atoms with Crippen molar-refractivity contribution in [3.05, 3.63) is 107 Å². The highest BCUT2D eigenvalue weighted by Crippen LogP contribution is 2.21. The topological polar surface area (TPSA) is 116 Å². The summed E-state index contributed by atoms with van der Waals surface area (Å²) in [6.45, 7) is 2.23. The Bertz CT molecular complexity index is 1670. The number of hydrogen-bond acceptors (Lipinski definition) is 5. The van der Waals surface area contributed by atoms with Crippen LogP contribution < -0.4 is 16.4 Å². The average molecular weight is 500 g/mol. The molecule has 0 bridgehead atoms. The summed E-state index contributed by atoms with van der Waals surface area (Å²) in [5.41, 5.74) is 4.71. The van der Waals surface area contributed by atoms with Crippen LogP contribution in [0.2, 0.25) is 0 Å². The van der Waals surface area contributed by atoms with Crippen molar-refractivity contribution in [3.8, 4) is 11.5 Å². The molecule has 0 saturated carbocycles. The molecule has 0 aliphatic carbocycles. The van der Waals surface area contributed by atoms with E-state index in [1.54, 1.807) is 71.6 Å². The maximum Gasteiger partial charge on any atom is 0.290 e. The first kappa shape index (κ1) is 23.7. The standard InChI is InChI=1S/C26H22FN7O3/c1-2-13-33-26(37)18-10-4-3-9-17(18)22(31-33)24(36)30-29-23(35)19-16-28-34(21-12-6-5-11-20(21)27)25(19)32-14-7-8-15-32/h3-12,14-16H,2,13H2,1H3,(H,29,35)(H,30,36). The van der Waals surface area contributed by atoms with Gasteiger partial charge in [-0.15, -0.1) is 0 Å². The van der Waals surface area contributed by atoms with Gasteiger partial charge in [-0.2, -0.15) is 10.2 Å². The fourth-order valence-electron chi connectivity index (χ4n) is 4.03. The molecular weight excluding hydrogens is 477 g/mol. The molecule has 0 aliphatic rings. The Labute approximate surface area is 209 Å². The van der Waals surface area contributed by atoms with Gasteiger partial charge in [-0.25, -0.2) is 13.8 Å². The normalized spacial score (nSPS) is 11.0. The highest BCUT2D eigenvalue weighted by molar-refractivity contribution is 6.06. The third-order valence-corrected chi connectivity index (χ3v) is 5.73. The highest BCUT2D eigenvalue weighted by Gasteiger charge is 2.23. The Balaban J connectivity index is 1.46. The summed E-state index contributed by atoms with van der Waals surface area (Å²) in [5, 5.41) is 9.17. The monoisotopic (exact) mass is 499 g/mol. The van der Waals surface area contributed by atoms with E-state index < -0.39 is 17.6 Å². The molecule has 2 amide bonds. The summed E-state index contributed by atoms with van der Waals surface area (Å²) >= 11 is 0. The number of hydrazine groups is 1. The lowest BCUT2D eigenvalue weighted by Crippen LogP contribution is -2.43. The van der Waals surface area contributed by atoms with Gasteiger partial charge in [0.1, 0.15) is 17.1 Å². The Morgan fingerprint density at radius 3 is 2.32 bits per heavy atom. The number of nitrogens with zero attached hydrogens (tertiary/aromatic N) is 5. The van der Waals surface area contributed by atoms with Crippen LogP contribution in [-0.2, 0) is 6.54 Å². The number of benzene rings is 2. The highest BCUT2D eigenvalue weighted by atomic mass is 19.1. The van der Waals surface area contributed by atoms with E-state index in [-0.39, 0.29) is 28.3 Å². The predicted molar refractivity (Wildman–Crippen MR) is 134 cm³/mol. The van der Waals surface area contributed by atoms with Gasteiger partial charge in [0.25, 0.3) is 17.4 Å². The molecule has 5 rings (SSSR count). The van der Waals surface area contributed by atoms with E-state index in [9.17, 15) is 18.8 Å². The maximum atomic E-state index is 14.5. The van der Waals surface area contributed by atoms with Crippen molar-refractivity contribution in [2.75, 3.05) is 0 Å².